The molecule has 0 bridgehead atoms. The predicted octanol–water partition coefficient (Wildman–Crippen LogP) is 3.87. The lowest BCUT2D eigenvalue weighted by atomic mass is 9.98. The molecule has 2 aliphatic rings. The van der Waals surface area contributed by atoms with Gasteiger partial charge in [0.25, 0.3) is 0 Å². The first-order valence-electron chi connectivity index (χ1n) is 7.31. The van der Waals surface area contributed by atoms with E-state index >= 15 is 0 Å². The van der Waals surface area contributed by atoms with E-state index in [-0.39, 0.29) is 0 Å². The van der Waals surface area contributed by atoms with Crippen LogP contribution in [0.5, 0.6) is 5.75 Å². The van der Waals surface area contributed by atoms with Gasteiger partial charge in [-0.15, -0.1) is 0 Å². The van der Waals surface area contributed by atoms with Crippen LogP contribution in [-0.2, 0) is 6.54 Å². The highest BCUT2D eigenvalue weighted by Gasteiger charge is 2.40. The average molecular weight is 280 g/mol. The van der Waals surface area contributed by atoms with E-state index in [1.54, 1.807) is 7.11 Å². The fourth-order valence-corrected chi connectivity index (χ4v) is 3.25. The van der Waals surface area contributed by atoms with E-state index in [1.807, 2.05) is 12.1 Å². The molecule has 0 spiro atoms. The lowest BCUT2D eigenvalue weighted by molar-refractivity contribution is 0.378. The topological polar surface area (TPSA) is 21.3 Å². The minimum atomic E-state index is 0.697. The van der Waals surface area contributed by atoms with Crippen molar-refractivity contribution >= 4 is 11.6 Å². The highest BCUT2D eigenvalue weighted by molar-refractivity contribution is 6.32. The normalized spacial score (nSPS) is 18.9. The van der Waals surface area contributed by atoms with E-state index in [4.69, 9.17) is 16.3 Å². The molecule has 19 heavy (non-hydrogen) atoms. The van der Waals surface area contributed by atoms with Crippen LogP contribution >= 0.6 is 11.6 Å². The summed E-state index contributed by atoms with van der Waals surface area (Å²) in [6.07, 6.45) is 5.82. The van der Waals surface area contributed by atoms with Crippen molar-refractivity contribution in [1.82, 2.24) is 5.32 Å². The largest absolute Gasteiger partial charge is 0.495 e. The Bertz CT molecular complexity index is 428. The van der Waals surface area contributed by atoms with Gasteiger partial charge in [-0.25, -0.2) is 0 Å². The number of hydrogen-bond donors (Lipinski definition) is 1. The van der Waals surface area contributed by atoms with Crippen molar-refractivity contribution in [2.75, 3.05) is 13.7 Å². The number of benzene rings is 1. The Morgan fingerprint density at radius 3 is 2.47 bits per heavy atom. The third-order valence-corrected chi connectivity index (χ3v) is 4.68. The van der Waals surface area contributed by atoms with Crippen LogP contribution in [0, 0.1) is 17.8 Å². The highest BCUT2D eigenvalue weighted by atomic mass is 35.5. The Hall–Kier alpha value is -0.730. The van der Waals surface area contributed by atoms with Gasteiger partial charge >= 0.3 is 0 Å². The molecule has 104 valence electrons. The maximum atomic E-state index is 6.14. The summed E-state index contributed by atoms with van der Waals surface area (Å²) in [5, 5.41) is 4.31. The first-order chi connectivity index (χ1) is 9.28. The van der Waals surface area contributed by atoms with E-state index in [1.165, 1.54) is 37.8 Å². The fraction of sp³-hybridized carbons (Fsp3) is 0.625. The molecule has 1 aromatic rings. The molecule has 2 saturated carbocycles. The van der Waals surface area contributed by atoms with Crippen molar-refractivity contribution in [1.29, 1.82) is 0 Å². The maximum absolute atomic E-state index is 6.14. The summed E-state index contributed by atoms with van der Waals surface area (Å²) >= 11 is 6.14. The van der Waals surface area contributed by atoms with Crippen molar-refractivity contribution < 1.29 is 4.74 Å². The zero-order chi connectivity index (χ0) is 13.2. The molecule has 2 fully saturated rings. The van der Waals surface area contributed by atoms with Gasteiger partial charge in [0.15, 0.2) is 0 Å². The van der Waals surface area contributed by atoms with Gasteiger partial charge in [0, 0.05) is 6.54 Å². The number of ether oxygens (including phenoxy) is 1. The summed E-state index contributed by atoms with van der Waals surface area (Å²) in [6, 6.07) is 6.02. The molecule has 0 aliphatic heterocycles. The Morgan fingerprint density at radius 2 is 1.95 bits per heavy atom. The molecule has 0 aromatic heterocycles. The first-order valence-corrected chi connectivity index (χ1v) is 7.69. The van der Waals surface area contributed by atoms with E-state index in [0.717, 1.165) is 30.0 Å². The van der Waals surface area contributed by atoms with Crippen molar-refractivity contribution in [3.05, 3.63) is 28.8 Å². The molecule has 2 aliphatic carbocycles. The Kier molecular flexibility index (Phi) is 3.99. The van der Waals surface area contributed by atoms with Crippen molar-refractivity contribution in [3.63, 3.8) is 0 Å². The molecule has 0 atom stereocenters. The number of halogens is 1. The number of nitrogens with one attached hydrogen (secondary N) is 1. The second-order valence-electron chi connectivity index (χ2n) is 5.94. The molecule has 1 aromatic carbocycles. The second kappa shape index (κ2) is 5.72. The Labute approximate surface area is 120 Å². The lowest BCUT2D eigenvalue weighted by Gasteiger charge is -2.16. The van der Waals surface area contributed by atoms with Crippen LogP contribution in [0.2, 0.25) is 5.02 Å². The monoisotopic (exact) mass is 279 g/mol. The quantitative estimate of drug-likeness (QED) is 0.818. The van der Waals surface area contributed by atoms with Crippen LogP contribution in [-0.4, -0.2) is 13.7 Å². The van der Waals surface area contributed by atoms with E-state index in [0.29, 0.717) is 5.02 Å². The molecule has 0 radical (unpaired) electrons. The molecule has 3 rings (SSSR count). The maximum Gasteiger partial charge on any atom is 0.137 e. The molecule has 0 saturated heterocycles. The zero-order valence-corrected chi connectivity index (χ0v) is 12.2. The van der Waals surface area contributed by atoms with Gasteiger partial charge in [-0.1, -0.05) is 17.7 Å². The van der Waals surface area contributed by atoms with Gasteiger partial charge in [-0.2, -0.15) is 0 Å². The van der Waals surface area contributed by atoms with Crippen molar-refractivity contribution in [2.45, 2.75) is 32.2 Å². The molecule has 2 nitrogen and oxygen atoms in total. The number of rotatable bonds is 7. The molecule has 1 N–H and O–H groups in total. The summed E-state index contributed by atoms with van der Waals surface area (Å²) in [6.45, 7) is 2.07. The summed E-state index contributed by atoms with van der Waals surface area (Å²) in [7, 11) is 1.65. The summed E-state index contributed by atoms with van der Waals surface area (Å²) in [5.74, 6) is 3.70. The fourth-order valence-electron chi connectivity index (χ4n) is 2.97. The van der Waals surface area contributed by atoms with Crippen LogP contribution in [0.3, 0.4) is 0 Å². The van der Waals surface area contributed by atoms with E-state index in [2.05, 4.69) is 11.4 Å². The summed E-state index contributed by atoms with van der Waals surface area (Å²) in [5.41, 5.74) is 1.23. The summed E-state index contributed by atoms with van der Waals surface area (Å²) in [4.78, 5) is 0. The van der Waals surface area contributed by atoms with Gasteiger partial charge in [-0.05, 0) is 67.7 Å². The molecular weight excluding hydrogens is 258 g/mol. The molecule has 0 amide bonds. The smallest absolute Gasteiger partial charge is 0.137 e. The molecule has 0 unspecified atom stereocenters. The summed E-state index contributed by atoms with van der Waals surface area (Å²) < 4.78 is 5.17. The Morgan fingerprint density at radius 1 is 1.26 bits per heavy atom. The third kappa shape index (κ3) is 3.43. The van der Waals surface area contributed by atoms with Gasteiger partial charge in [0.2, 0.25) is 0 Å². The average Bonchev–Trinajstić information content (AvgIpc) is 3.28. The predicted molar refractivity (Wildman–Crippen MR) is 78.6 cm³/mol. The zero-order valence-electron chi connectivity index (χ0n) is 11.5. The van der Waals surface area contributed by atoms with Gasteiger partial charge in [0.1, 0.15) is 5.75 Å². The van der Waals surface area contributed by atoms with Crippen molar-refractivity contribution in [2.24, 2.45) is 17.8 Å². The standard InChI is InChI=1S/C16H22ClNO/c1-19-16-7-2-11(8-15(16)17)9-18-10-14(12-3-4-12)13-5-6-13/h2,7-8,12-14,18H,3-6,9-10H2,1H3. The minimum absolute atomic E-state index is 0.697. The van der Waals surface area contributed by atoms with Gasteiger partial charge < -0.3 is 10.1 Å². The molecule has 3 heteroatoms. The van der Waals surface area contributed by atoms with Crippen molar-refractivity contribution in [3.8, 4) is 5.75 Å². The van der Waals surface area contributed by atoms with Crippen LogP contribution in [0.4, 0.5) is 0 Å². The highest BCUT2D eigenvalue weighted by Crippen LogP contribution is 2.48. The number of methoxy groups -OCH3 is 1. The van der Waals surface area contributed by atoms with Crippen LogP contribution in [0.25, 0.3) is 0 Å². The van der Waals surface area contributed by atoms with E-state index < -0.39 is 0 Å². The Balaban J connectivity index is 1.49. The SMILES string of the molecule is COc1ccc(CNCC(C2CC2)C2CC2)cc1Cl. The van der Waals surface area contributed by atoms with Crippen LogP contribution in [0.1, 0.15) is 31.2 Å². The van der Waals surface area contributed by atoms with Gasteiger partial charge in [0.05, 0.1) is 12.1 Å². The lowest BCUT2D eigenvalue weighted by Crippen LogP contribution is -2.25. The minimum Gasteiger partial charge on any atom is -0.495 e. The van der Waals surface area contributed by atoms with Gasteiger partial charge in [-0.3, -0.25) is 0 Å². The second-order valence-corrected chi connectivity index (χ2v) is 6.35. The van der Waals surface area contributed by atoms with Crippen LogP contribution in [0.15, 0.2) is 18.2 Å². The van der Waals surface area contributed by atoms with E-state index in [9.17, 15) is 0 Å². The number of hydrogen-bond acceptors (Lipinski definition) is 2. The third-order valence-electron chi connectivity index (χ3n) is 4.38. The van der Waals surface area contributed by atoms with Crippen LogP contribution < -0.4 is 10.1 Å². The molecular formula is C16H22ClNO. The molecule has 0 heterocycles. The first kappa shape index (κ1) is 13.3.